The maximum absolute atomic E-state index is 11.6. The summed E-state index contributed by atoms with van der Waals surface area (Å²) in [6, 6.07) is 0. The van der Waals surface area contributed by atoms with Crippen LogP contribution in [0.3, 0.4) is 0 Å². The third-order valence-corrected chi connectivity index (χ3v) is 0.413. The summed E-state index contributed by atoms with van der Waals surface area (Å²) >= 11 is 0. The predicted octanol–water partition coefficient (Wildman–Crippen LogP) is 1.91. The Labute approximate surface area is 49.9 Å². The van der Waals surface area contributed by atoms with Gasteiger partial charge in [0.1, 0.15) is 0 Å². The first-order chi connectivity index (χ1) is 3.92. The fourth-order valence-electron chi connectivity index (χ4n) is 0.181. The van der Waals surface area contributed by atoms with Gasteiger partial charge in [-0.05, 0) is 6.92 Å². The summed E-state index contributed by atoms with van der Waals surface area (Å²) in [5, 5.41) is 0. The van der Waals surface area contributed by atoms with E-state index in [1.165, 1.54) is 5.92 Å². The van der Waals surface area contributed by atoms with Crippen LogP contribution in [0.1, 0.15) is 6.92 Å². The number of hydrogen-bond donors (Lipinski definition) is 0. The van der Waals surface area contributed by atoms with Gasteiger partial charge in [0.2, 0.25) is 0 Å². The molecule has 1 atom stereocenters. The Kier molecular flexibility index (Phi) is 2.50. The monoisotopic (exact) mass is 140 g/mol. The minimum atomic E-state index is -4.57. The summed E-state index contributed by atoms with van der Waals surface area (Å²) in [5.74, 6) is 2.14. The Morgan fingerprint density at radius 1 is 1.33 bits per heavy atom. The maximum atomic E-state index is 11.6. The van der Waals surface area contributed by atoms with Crippen molar-refractivity contribution in [3.63, 3.8) is 0 Å². The Bertz CT molecular complexity index is 133. The van der Waals surface area contributed by atoms with E-state index >= 15 is 0 Å². The van der Waals surface area contributed by atoms with Gasteiger partial charge in [-0.25, -0.2) is 4.39 Å². The SMILES string of the molecule is CC(F)C#CC(F)(F)F. The fraction of sp³-hybridized carbons (Fsp3) is 0.600. The molecule has 0 saturated heterocycles. The first-order valence-electron chi connectivity index (χ1n) is 2.15. The van der Waals surface area contributed by atoms with E-state index in [1.54, 1.807) is 0 Å². The Balaban J connectivity index is 3.88. The summed E-state index contributed by atoms with van der Waals surface area (Å²) < 4.78 is 44.8. The van der Waals surface area contributed by atoms with E-state index in [4.69, 9.17) is 0 Å². The maximum Gasteiger partial charge on any atom is 0.457 e. The molecule has 0 aromatic carbocycles. The molecule has 0 rings (SSSR count). The highest BCUT2D eigenvalue weighted by Gasteiger charge is 2.22. The average Bonchev–Trinajstić information content (AvgIpc) is 1.59. The molecule has 0 nitrogen and oxygen atoms in total. The van der Waals surface area contributed by atoms with Gasteiger partial charge >= 0.3 is 6.18 Å². The smallest absolute Gasteiger partial charge is 0.234 e. The molecule has 0 bridgehead atoms. The van der Waals surface area contributed by atoms with Crippen molar-refractivity contribution in [2.24, 2.45) is 0 Å². The third-order valence-electron chi connectivity index (χ3n) is 0.413. The molecule has 4 heteroatoms. The molecule has 0 aromatic heterocycles. The minimum absolute atomic E-state index is 0.796. The molecule has 1 unspecified atom stereocenters. The molecule has 0 aliphatic carbocycles. The third kappa shape index (κ3) is 7.28. The molecule has 0 fully saturated rings. The lowest BCUT2D eigenvalue weighted by Gasteiger charge is -1.91. The van der Waals surface area contributed by atoms with Crippen molar-refractivity contribution in [2.75, 3.05) is 0 Å². The van der Waals surface area contributed by atoms with Crippen LogP contribution in [0.15, 0.2) is 0 Å². The standard InChI is InChI=1S/C5H4F4/c1-4(6)2-3-5(7,8)9/h4H,1H3. The molecule has 0 spiro atoms. The van der Waals surface area contributed by atoms with Crippen LogP contribution in [-0.2, 0) is 0 Å². The number of alkyl halides is 4. The number of hydrogen-bond acceptors (Lipinski definition) is 0. The number of rotatable bonds is 0. The van der Waals surface area contributed by atoms with Crippen molar-refractivity contribution in [2.45, 2.75) is 19.3 Å². The summed E-state index contributed by atoms with van der Waals surface area (Å²) in [6.45, 7) is 0.943. The molecule has 0 aromatic rings. The van der Waals surface area contributed by atoms with Gasteiger partial charge in [-0.15, -0.1) is 0 Å². The Morgan fingerprint density at radius 3 is 1.89 bits per heavy atom. The summed E-state index contributed by atoms with van der Waals surface area (Å²) in [4.78, 5) is 0. The van der Waals surface area contributed by atoms with E-state index in [2.05, 4.69) is 0 Å². The van der Waals surface area contributed by atoms with Gasteiger partial charge in [0.05, 0.1) is 0 Å². The molecule has 0 aliphatic rings. The van der Waals surface area contributed by atoms with Crippen molar-refractivity contribution in [1.82, 2.24) is 0 Å². The molecular weight excluding hydrogens is 136 g/mol. The van der Waals surface area contributed by atoms with Gasteiger partial charge in [0.15, 0.2) is 6.17 Å². The van der Waals surface area contributed by atoms with E-state index in [0.29, 0.717) is 0 Å². The van der Waals surface area contributed by atoms with Gasteiger partial charge in [0, 0.05) is 5.92 Å². The molecule has 0 aliphatic heterocycles. The normalized spacial score (nSPS) is 13.9. The van der Waals surface area contributed by atoms with Crippen molar-refractivity contribution >= 4 is 0 Å². The highest BCUT2D eigenvalue weighted by Crippen LogP contribution is 2.11. The van der Waals surface area contributed by atoms with Gasteiger partial charge in [-0.3, -0.25) is 0 Å². The topological polar surface area (TPSA) is 0 Å². The highest BCUT2D eigenvalue weighted by molar-refractivity contribution is 5.08. The second-order valence-corrected chi connectivity index (χ2v) is 1.38. The van der Waals surface area contributed by atoms with Crippen LogP contribution < -0.4 is 0 Å². The van der Waals surface area contributed by atoms with Gasteiger partial charge in [0.25, 0.3) is 0 Å². The molecule has 0 amide bonds. The fourth-order valence-corrected chi connectivity index (χ4v) is 0.181. The molecule has 52 valence electrons. The van der Waals surface area contributed by atoms with E-state index < -0.39 is 12.3 Å². The summed E-state index contributed by atoms with van der Waals surface area (Å²) in [7, 11) is 0. The molecule has 0 radical (unpaired) electrons. The molecule has 0 N–H and O–H groups in total. The first kappa shape index (κ1) is 8.28. The van der Waals surface area contributed by atoms with E-state index in [-0.39, 0.29) is 0 Å². The van der Waals surface area contributed by atoms with Gasteiger partial charge in [-0.2, -0.15) is 13.2 Å². The Hall–Kier alpha value is -0.720. The van der Waals surface area contributed by atoms with E-state index in [0.717, 1.165) is 12.8 Å². The molecule has 0 saturated carbocycles. The predicted molar refractivity (Wildman–Crippen MR) is 24.4 cm³/mol. The second kappa shape index (κ2) is 2.72. The highest BCUT2D eigenvalue weighted by atomic mass is 19.4. The van der Waals surface area contributed by atoms with Crippen LogP contribution in [0.4, 0.5) is 17.6 Å². The van der Waals surface area contributed by atoms with Gasteiger partial charge < -0.3 is 0 Å². The zero-order valence-corrected chi connectivity index (χ0v) is 4.59. The second-order valence-electron chi connectivity index (χ2n) is 1.38. The lowest BCUT2D eigenvalue weighted by Crippen LogP contribution is -2.02. The van der Waals surface area contributed by atoms with Crippen molar-refractivity contribution in [3.05, 3.63) is 0 Å². The van der Waals surface area contributed by atoms with Gasteiger partial charge in [-0.1, -0.05) is 5.92 Å². The van der Waals surface area contributed by atoms with Crippen LogP contribution >= 0.6 is 0 Å². The van der Waals surface area contributed by atoms with Crippen LogP contribution in [0.2, 0.25) is 0 Å². The summed E-state index contributed by atoms with van der Waals surface area (Å²) in [5.41, 5.74) is 0. The van der Waals surface area contributed by atoms with Crippen molar-refractivity contribution in [1.29, 1.82) is 0 Å². The van der Waals surface area contributed by atoms with E-state index in [1.807, 2.05) is 0 Å². The van der Waals surface area contributed by atoms with Crippen LogP contribution in [0, 0.1) is 11.8 Å². The minimum Gasteiger partial charge on any atom is -0.234 e. The lowest BCUT2D eigenvalue weighted by atomic mass is 10.4. The van der Waals surface area contributed by atoms with Crippen molar-refractivity contribution in [3.8, 4) is 11.8 Å². The molecule has 9 heavy (non-hydrogen) atoms. The number of halogens is 4. The van der Waals surface area contributed by atoms with E-state index in [9.17, 15) is 17.6 Å². The van der Waals surface area contributed by atoms with Crippen LogP contribution in [0.25, 0.3) is 0 Å². The molecule has 0 heterocycles. The zero-order chi connectivity index (χ0) is 7.49. The largest absolute Gasteiger partial charge is 0.457 e. The first-order valence-corrected chi connectivity index (χ1v) is 2.15. The molecular formula is C5H4F4. The zero-order valence-electron chi connectivity index (χ0n) is 4.59. The Morgan fingerprint density at radius 2 is 1.78 bits per heavy atom. The van der Waals surface area contributed by atoms with Crippen LogP contribution in [0.5, 0.6) is 0 Å². The lowest BCUT2D eigenvalue weighted by molar-refractivity contribution is -0.0698. The average molecular weight is 140 g/mol. The summed E-state index contributed by atoms with van der Waals surface area (Å²) in [6.07, 6.45) is -6.29. The van der Waals surface area contributed by atoms with Crippen molar-refractivity contribution < 1.29 is 17.6 Å². The van der Waals surface area contributed by atoms with Crippen LogP contribution in [-0.4, -0.2) is 12.3 Å². The quantitative estimate of drug-likeness (QED) is 0.356.